The van der Waals surface area contributed by atoms with Gasteiger partial charge in [-0.05, 0) is 56.6 Å². The first-order valence-electron chi connectivity index (χ1n) is 7.57. The van der Waals surface area contributed by atoms with Crippen LogP contribution in [-0.4, -0.2) is 46.0 Å². The Labute approximate surface area is 126 Å². The second-order valence-electron chi connectivity index (χ2n) is 6.04. The van der Waals surface area contributed by atoms with Crippen LogP contribution in [0.15, 0.2) is 29.2 Å². The van der Waals surface area contributed by atoms with Gasteiger partial charge in [-0.2, -0.15) is 0 Å². The normalized spacial score (nSPS) is 28.7. The van der Waals surface area contributed by atoms with Gasteiger partial charge in [0.1, 0.15) is 0 Å². The minimum atomic E-state index is -3.41. The lowest BCUT2D eigenvalue weighted by Gasteiger charge is -2.44. The molecule has 2 N–H and O–H groups in total. The minimum absolute atomic E-state index is 0.0643. The van der Waals surface area contributed by atoms with Crippen LogP contribution in [0.25, 0.3) is 0 Å². The molecule has 3 saturated heterocycles. The van der Waals surface area contributed by atoms with E-state index >= 15 is 0 Å². The summed E-state index contributed by atoms with van der Waals surface area (Å²) in [5, 5.41) is 3.06. The fraction of sp³-hybridized carbons (Fsp3) is 0.600. The van der Waals surface area contributed by atoms with E-state index in [1.807, 2.05) is 19.2 Å². The third kappa shape index (κ3) is 3.29. The van der Waals surface area contributed by atoms with Crippen molar-refractivity contribution in [3.05, 3.63) is 29.8 Å². The van der Waals surface area contributed by atoms with Crippen LogP contribution in [-0.2, 0) is 16.6 Å². The quantitative estimate of drug-likeness (QED) is 0.844. The fourth-order valence-corrected chi connectivity index (χ4v) is 4.65. The third-order valence-corrected chi connectivity index (χ3v) is 6.08. The first kappa shape index (κ1) is 15.0. The Bertz CT molecular complexity index is 577. The van der Waals surface area contributed by atoms with Gasteiger partial charge in [-0.15, -0.1) is 0 Å². The van der Waals surface area contributed by atoms with Crippen molar-refractivity contribution < 1.29 is 8.42 Å². The lowest BCUT2D eigenvalue weighted by molar-refractivity contribution is 0.0827. The maximum atomic E-state index is 12.5. The van der Waals surface area contributed by atoms with E-state index in [1.165, 1.54) is 0 Å². The van der Waals surface area contributed by atoms with E-state index in [0.29, 0.717) is 10.8 Å². The van der Waals surface area contributed by atoms with Gasteiger partial charge in [-0.1, -0.05) is 12.1 Å². The smallest absolute Gasteiger partial charge is 0.240 e. The van der Waals surface area contributed by atoms with E-state index in [-0.39, 0.29) is 6.04 Å². The van der Waals surface area contributed by atoms with E-state index in [9.17, 15) is 8.42 Å². The van der Waals surface area contributed by atoms with Crippen molar-refractivity contribution in [2.45, 2.75) is 30.3 Å². The number of nitrogens with one attached hydrogen (secondary N) is 2. The van der Waals surface area contributed by atoms with Gasteiger partial charge >= 0.3 is 0 Å². The van der Waals surface area contributed by atoms with Crippen LogP contribution in [0.1, 0.15) is 18.4 Å². The molecule has 21 heavy (non-hydrogen) atoms. The van der Waals surface area contributed by atoms with Crippen molar-refractivity contribution in [3.63, 3.8) is 0 Å². The maximum absolute atomic E-state index is 12.5. The Hall–Kier alpha value is -0.950. The molecule has 1 aromatic rings. The highest BCUT2D eigenvalue weighted by atomic mass is 32.2. The van der Waals surface area contributed by atoms with Crippen molar-refractivity contribution in [1.29, 1.82) is 0 Å². The Morgan fingerprint density at radius 3 is 2.38 bits per heavy atom. The van der Waals surface area contributed by atoms with E-state index in [1.54, 1.807) is 12.1 Å². The minimum Gasteiger partial charge on any atom is -0.316 e. The molecule has 3 aliphatic rings. The Morgan fingerprint density at radius 1 is 1.19 bits per heavy atom. The van der Waals surface area contributed by atoms with Gasteiger partial charge < -0.3 is 10.2 Å². The second kappa shape index (κ2) is 6.04. The van der Waals surface area contributed by atoms with Gasteiger partial charge in [0.25, 0.3) is 0 Å². The number of benzene rings is 1. The highest BCUT2D eigenvalue weighted by Gasteiger charge is 2.36. The summed E-state index contributed by atoms with van der Waals surface area (Å²) in [4.78, 5) is 2.71. The third-order valence-electron chi connectivity index (χ3n) is 4.58. The first-order valence-corrected chi connectivity index (χ1v) is 9.05. The zero-order chi connectivity index (χ0) is 14.9. The molecule has 1 aromatic carbocycles. The van der Waals surface area contributed by atoms with Crippen molar-refractivity contribution in [3.8, 4) is 0 Å². The summed E-state index contributed by atoms with van der Waals surface area (Å²) < 4.78 is 27.9. The summed E-state index contributed by atoms with van der Waals surface area (Å²) >= 11 is 0. The SMILES string of the molecule is CNCc1ccc(S(=O)(=O)NC2CN3CCC2CC3)cc1. The van der Waals surface area contributed by atoms with Gasteiger partial charge in [-0.3, -0.25) is 0 Å². The summed E-state index contributed by atoms with van der Waals surface area (Å²) in [7, 11) is -1.54. The predicted molar refractivity (Wildman–Crippen MR) is 82.5 cm³/mol. The fourth-order valence-electron chi connectivity index (χ4n) is 3.36. The monoisotopic (exact) mass is 309 g/mol. The molecule has 6 heteroatoms. The largest absolute Gasteiger partial charge is 0.316 e. The van der Waals surface area contributed by atoms with Crippen molar-refractivity contribution in [2.75, 3.05) is 26.7 Å². The number of fused-ring (bicyclic) bond motifs is 3. The molecule has 4 rings (SSSR count). The van der Waals surface area contributed by atoms with Crippen LogP contribution in [0.3, 0.4) is 0 Å². The van der Waals surface area contributed by atoms with Crippen LogP contribution in [0, 0.1) is 5.92 Å². The molecule has 3 heterocycles. The van der Waals surface area contributed by atoms with E-state index in [0.717, 1.165) is 44.6 Å². The first-order chi connectivity index (χ1) is 10.1. The highest BCUT2D eigenvalue weighted by Crippen LogP contribution is 2.28. The molecule has 0 aromatic heterocycles. The molecule has 0 aliphatic carbocycles. The molecule has 2 bridgehead atoms. The van der Waals surface area contributed by atoms with Crippen LogP contribution < -0.4 is 10.0 Å². The molecule has 3 fully saturated rings. The van der Waals surface area contributed by atoms with Gasteiger partial charge in [0.2, 0.25) is 10.0 Å². The maximum Gasteiger partial charge on any atom is 0.240 e. The average molecular weight is 309 g/mol. The topological polar surface area (TPSA) is 61.4 Å². The molecular formula is C15H23N3O2S. The van der Waals surface area contributed by atoms with Gasteiger partial charge in [-0.25, -0.2) is 13.1 Å². The molecule has 3 aliphatic heterocycles. The van der Waals surface area contributed by atoms with Crippen molar-refractivity contribution >= 4 is 10.0 Å². The highest BCUT2D eigenvalue weighted by molar-refractivity contribution is 7.89. The summed E-state index contributed by atoms with van der Waals surface area (Å²) in [5.74, 6) is 0.494. The van der Waals surface area contributed by atoms with Crippen molar-refractivity contribution in [2.24, 2.45) is 5.92 Å². The number of rotatable bonds is 5. The van der Waals surface area contributed by atoms with Gasteiger partial charge in [0, 0.05) is 19.1 Å². The van der Waals surface area contributed by atoms with Gasteiger partial charge in [0.15, 0.2) is 0 Å². The molecule has 116 valence electrons. The number of hydrogen-bond donors (Lipinski definition) is 2. The average Bonchev–Trinajstić information content (AvgIpc) is 2.49. The number of piperidine rings is 3. The summed E-state index contributed by atoms with van der Waals surface area (Å²) in [6.07, 6.45) is 2.21. The molecule has 0 amide bonds. The summed E-state index contributed by atoms with van der Waals surface area (Å²) in [6.45, 7) is 3.82. The Kier molecular flexibility index (Phi) is 4.31. The number of sulfonamides is 1. The van der Waals surface area contributed by atoms with E-state index < -0.39 is 10.0 Å². The Morgan fingerprint density at radius 2 is 1.86 bits per heavy atom. The molecule has 1 atom stereocenters. The standard InChI is InChI=1S/C15H23N3O2S/c1-16-10-12-2-4-14(5-3-12)21(19,20)17-15-11-18-8-6-13(15)7-9-18/h2-5,13,15-17H,6-11H2,1H3. The van der Waals surface area contributed by atoms with Crippen LogP contribution in [0.4, 0.5) is 0 Å². The lowest BCUT2D eigenvalue weighted by Crippen LogP contribution is -2.57. The summed E-state index contributed by atoms with van der Waals surface area (Å²) in [6, 6.07) is 7.17. The predicted octanol–water partition coefficient (Wildman–Crippen LogP) is 0.779. The van der Waals surface area contributed by atoms with Crippen LogP contribution in [0.2, 0.25) is 0 Å². The molecule has 1 unspecified atom stereocenters. The van der Waals surface area contributed by atoms with Crippen LogP contribution in [0.5, 0.6) is 0 Å². The second-order valence-corrected chi connectivity index (χ2v) is 7.75. The lowest BCUT2D eigenvalue weighted by atomic mass is 9.85. The van der Waals surface area contributed by atoms with Crippen LogP contribution >= 0.6 is 0 Å². The van der Waals surface area contributed by atoms with Crippen molar-refractivity contribution in [1.82, 2.24) is 14.9 Å². The number of hydrogen-bond acceptors (Lipinski definition) is 4. The number of nitrogens with zero attached hydrogens (tertiary/aromatic N) is 1. The molecule has 0 spiro atoms. The van der Waals surface area contributed by atoms with E-state index in [2.05, 4.69) is 14.9 Å². The van der Waals surface area contributed by atoms with E-state index in [4.69, 9.17) is 0 Å². The van der Waals surface area contributed by atoms with Gasteiger partial charge in [0.05, 0.1) is 4.90 Å². The molecule has 5 nitrogen and oxygen atoms in total. The molecule has 0 radical (unpaired) electrons. The molecular weight excluding hydrogens is 286 g/mol. The zero-order valence-electron chi connectivity index (χ0n) is 12.4. The Balaban J connectivity index is 1.71. The molecule has 0 saturated carbocycles. The summed E-state index contributed by atoms with van der Waals surface area (Å²) in [5.41, 5.74) is 1.08. The zero-order valence-corrected chi connectivity index (χ0v) is 13.2.